The largest absolute Gasteiger partial charge is 0.386 e. The first-order valence-electron chi connectivity index (χ1n) is 7.15. The van der Waals surface area contributed by atoms with E-state index in [2.05, 4.69) is 10.6 Å². The molecule has 1 rings (SSSR count). The third kappa shape index (κ3) is 6.67. The second-order valence-electron chi connectivity index (χ2n) is 6.36. The average Bonchev–Trinajstić information content (AvgIpc) is 2.41. The van der Waals surface area contributed by atoms with Gasteiger partial charge in [0.2, 0.25) is 11.8 Å². The van der Waals surface area contributed by atoms with Gasteiger partial charge in [0.25, 0.3) is 0 Å². The van der Waals surface area contributed by atoms with Crippen molar-refractivity contribution in [3.8, 4) is 0 Å². The van der Waals surface area contributed by atoms with Crippen molar-refractivity contribution in [1.82, 2.24) is 10.6 Å². The van der Waals surface area contributed by atoms with Crippen molar-refractivity contribution in [3.05, 3.63) is 35.6 Å². The van der Waals surface area contributed by atoms with Crippen molar-refractivity contribution < 1.29 is 19.1 Å². The number of hydrogen-bond acceptors (Lipinski definition) is 3. The van der Waals surface area contributed by atoms with E-state index in [0.29, 0.717) is 6.42 Å². The van der Waals surface area contributed by atoms with Crippen LogP contribution in [0.5, 0.6) is 0 Å². The minimum absolute atomic E-state index is 0.116. The van der Waals surface area contributed by atoms with Crippen molar-refractivity contribution in [2.75, 3.05) is 13.1 Å². The lowest BCUT2D eigenvalue weighted by atomic mass is 9.92. The summed E-state index contributed by atoms with van der Waals surface area (Å²) in [5.74, 6) is -1.17. The molecule has 0 aliphatic rings. The third-order valence-corrected chi connectivity index (χ3v) is 2.89. The second-order valence-corrected chi connectivity index (χ2v) is 6.36. The zero-order valence-corrected chi connectivity index (χ0v) is 13.1. The molecule has 22 heavy (non-hydrogen) atoms. The summed E-state index contributed by atoms with van der Waals surface area (Å²) in [6, 6.07) is 5.83. The third-order valence-electron chi connectivity index (χ3n) is 2.89. The molecule has 0 aliphatic heterocycles. The first-order valence-corrected chi connectivity index (χ1v) is 7.15. The molecule has 0 fully saturated rings. The van der Waals surface area contributed by atoms with Crippen molar-refractivity contribution in [1.29, 1.82) is 0 Å². The summed E-state index contributed by atoms with van der Waals surface area (Å²) in [5.41, 5.74) is -0.0266. The molecule has 3 N–H and O–H groups in total. The summed E-state index contributed by atoms with van der Waals surface area (Å²) < 4.78 is 13.4. The fraction of sp³-hybridized carbons (Fsp3) is 0.500. The molecular formula is C16H23FN2O3. The molecular weight excluding hydrogens is 287 g/mol. The number of amides is 2. The number of carbonyl (C=O) groups is 2. The van der Waals surface area contributed by atoms with Gasteiger partial charge in [0.15, 0.2) is 0 Å². The smallest absolute Gasteiger partial charge is 0.239 e. The lowest BCUT2D eigenvalue weighted by molar-refractivity contribution is -0.127. The van der Waals surface area contributed by atoms with E-state index in [1.807, 2.05) is 20.8 Å². The van der Waals surface area contributed by atoms with Gasteiger partial charge in [0.1, 0.15) is 5.82 Å². The fourth-order valence-electron chi connectivity index (χ4n) is 1.85. The van der Waals surface area contributed by atoms with Gasteiger partial charge in [-0.1, -0.05) is 39.0 Å². The van der Waals surface area contributed by atoms with E-state index < -0.39 is 17.8 Å². The van der Waals surface area contributed by atoms with Crippen LogP contribution in [0.25, 0.3) is 0 Å². The van der Waals surface area contributed by atoms with Crippen LogP contribution in [0.3, 0.4) is 0 Å². The van der Waals surface area contributed by atoms with Crippen molar-refractivity contribution in [3.63, 3.8) is 0 Å². The van der Waals surface area contributed by atoms with E-state index >= 15 is 0 Å². The van der Waals surface area contributed by atoms with Crippen LogP contribution in [0, 0.1) is 11.2 Å². The van der Waals surface area contributed by atoms with Crippen LogP contribution < -0.4 is 10.6 Å². The maximum atomic E-state index is 13.4. The Balaban J connectivity index is 2.34. The maximum absolute atomic E-state index is 13.4. The van der Waals surface area contributed by atoms with Crippen LogP contribution >= 0.6 is 0 Å². The minimum atomic E-state index is -1.13. The molecule has 0 aromatic heterocycles. The molecule has 1 unspecified atom stereocenters. The van der Waals surface area contributed by atoms with Gasteiger partial charge < -0.3 is 15.7 Å². The molecule has 0 aliphatic carbocycles. The van der Waals surface area contributed by atoms with Gasteiger partial charge in [-0.2, -0.15) is 0 Å². The fourth-order valence-corrected chi connectivity index (χ4v) is 1.85. The Bertz CT molecular complexity index is 526. The predicted molar refractivity (Wildman–Crippen MR) is 81.5 cm³/mol. The van der Waals surface area contributed by atoms with Crippen molar-refractivity contribution in [2.45, 2.75) is 33.3 Å². The van der Waals surface area contributed by atoms with Gasteiger partial charge in [0.05, 0.1) is 12.6 Å². The predicted octanol–water partition coefficient (Wildman–Crippen LogP) is 1.53. The monoisotopic (exact) mass is 310 g/mol. The molecule has 122 valence electrons. The highest BCUT2D eigenvalue weighted by atomic mass is 19.1. The van der Waals surface area contributed by atoms with E-state index in [1.165, 1.54) is 18.2 Å². The summed E-state index contributed by atoms with van der Waals surface area (Å²) in [6.45, 7) is 5.50. The Labute approximate surface area is 129 Å². The standard InChI is InChI=1S/C16H23FN2O3/c1-16(2,3)8-14(21)19-10-15(22)18-9-13(20)11-6-4-5-7-12(11)17/h4-7,13,20H,8-10H2,1-3H3,(H,18,22)(H,19,21). The highest BCUT2D eigenvalue weighted by Gasteiger charge is 2.17. The van der Waals surface area contributed by atoms with Crippen LogP contribution in [0.15, 0.2) is 24.3 Å². The lowest BCUT2D eigenvalue weighted by Crippen LogP contribution is -2.39. The molecule has 6 heteroatoms. The number of aliphatic hydroxyl groups is 1. The van der Waals surface area contributed by atoms with Crippen molar-refractivity contribution in [2.24, 2.45) is 5.41 Å². The van der Waals surface area contributed by atoms with Gasteiger partial charge in [-0.15, -0.1) is 0 Å². The number of benzene rings is 1. The molecule has 0 heterocycles. The molecule has 1 aromatic rings. The number of carbonyl (C=O) groups excluding carboxylic acids is 2. The summed E-state index contributed by atoms with van der Waals surface area (Å²) in [4.78, 5) is 23.2. The minimum Gasteiger partial charge on any atom is -0.386 e. The first kappa shape index (κ1) is 18.1. The SMILES string of the molecule is CC(C)(C)CC(=O)NCC(=O)NCC(O)c1ccccc1F. The van der Waals surface area contributed by atoms with Crippen LogP contribution in [0.4, 0.5) is 4.39 Å². The highest BCUT2D eigenvalue weighted by Crippen LogP contribution is 2.17. The molecule has 0 saturated heterocycles. The zero-order valence-electron chi connectivity index (χ0n) is 13.1. The van der Waals surface area contributed by atoms with Gasteiger partial charge in [0, 0.05) is 18.5 Å². The van der Waals surface area contributed by atoms with E-state index in [9.17, 15) is 19.1 Å². The molecule has 2 amide bonds. The number of halogens is 1. The van der Waals surface area contributed by atoms with E-state index in [4.69, 9.17) is 0 Å². The van der Waals surface area contributed by atoms with Crippen LogP contribution in [0.1, 0.15) is 38.9 Å². The van der Waals surface area contributed by atoms with E-state index in [-0.39, 0.29) is 30.0 Å². The van der Waals surface area contributed by atoms with Gasteiger partial charge in [-0.05, 0) is 11.5 Å². The molecule has 0 saturated carbocycles. The van der Waals surface area contributed by atoms with Gasteiger partial charge in [-0.25, -0.2) is 4.39 Å². The summed E-state index contributed by atoms with van der Waals surface area (Å²) in [7, 11) is 0. The number of rotatable bonds is 6. The van der Waals surface area contributed by atoms with E-state index in [1.54, 1.807) is 6.07 Å². The summed E-state index contributed by atoms with van der Waals surface area (Å²) in [6.07, 6.45) is -0.812. The Morgan fingerprint density at radius 2 is 1.82 bits per heavy atom. The molecule has 0 spiro atoms. The molecule has 0 radical (unpaired) electrons. The van der Waals surface area contributed by atoms with Gasteiger partial charge in [-0.3, -0.25) is 9.59 Å². The zero-order chi connectivity index (χ0) is 16.8. The Morgan fingerprint density at radius 3 is 2.41 bits per heavy atom. The summed E-state index contributed by atoms with van der Waals surface area (Å²) >= 11 is 0. The second kappa shape index (κ2) is 7.89. The van der Waals surface area contributed by atoms with Crippen LogP contribution in [0.2, 0.25) is 0 Å². The average molecular weight is 310 g/mol. The number of aliphatic hydroxyl groups excluding tert-OH is 1. The van der Waals surface area contributed by atoms with Crippen LogP contribution in [-0.4, -0.2) is 30.0 Å². The van der Waals surface area contributed by atoms with Gasteiger partial charge >= 0.3 is 0 Å². The Kier molecular flexibility index (Phi) is 6.49. The maximum Gasteiger partial charge on any atom is 0.239 e. The Hall–Kier alpha value is -1.95. The molecule has 5 nitrogen and oxygen atoms in total. The normalized spacial score (nSPS) is 12.6. The molecule has 1 atom stereocenters. The van der Waals surface area contributed by atoms with Crippen molar-refractivity contribution >= 4 is 11.8 Å². The topological polar surface area (TPSA) is 78.4 Å². The molecule has 0 bridgehead atoms. The lowest BCUT2D eigenvalue weighted by Gasteiger charge is -2.17. The molecule has 1 aromatic carbocycles. The van der Waals surface area contributed by atoms with E-state index in [0.717, 1.165) is 0 Å². The van der Waals surface area contributed by atoms with Crippen LogP contribution in [-0.2, 0) is 9.59 Å². The number of hydrogen-bond donors (Lipinski definition) is 3. The number of nitrogens with one attached hydrogen (secondary N) is 2. The first-order chi connectivity index (χ1) is 10.2. The summed E-state index contributed by atoms with van der Waals surface area (Å²) in [5, 5.41) is 14.8. The Morgan fingerprint density at radius 1 is 1.18 bits per heavy atom. The quantitative estimate of drug-likeness (QED) is 0.745. The highest BCUT2D eigenvalue weighted by molar-refractivity contribution is 5.84.